The van der Waals surface area contributed by atoms with Crippen molar-refractivity contribution in [1.82, 2.24) is 10.6 Å². The van der Waals surface area contributed by atoms with Gasteiger partial charge in [0, 0.05) is 18.5 Å². The molecule has 2 aliphatic rings. The summed E-state index contributed by atoms with van der Waals surface area (Å²) < 4.78 is 5.44. The molecule has 1 heterocycles. The number of nitrogens with one attached hydrogen (secondary N) is 2. The first kappa shape index (κ1) is 13.3. The smallest absolute Gasteiger partial charge is 0.315 e. The van der Waals surface area contributed by atoms with Crippen LogP contribution in [0.3, 0.4) is 0 Å². The molecule has 0 fully saturated rings. The second-order valence-corrected chi connectivity index (χ2v) is 5.65. The van der Waals surface area contributed by atoms with Crippen LogP contribution >= 0.6 is 0 Å². The molecule has 0 radical (unpaired) electrons. The van der Waals surface area contributed by atoms with Gasteiger partial charge < -0.3 is 15.1 Å². The normalized spacial score (nSPS) is 21.2. The first-order valence-electron chi connectivity index (χ1n) is 7.61. The van der Waals surface area contributed by atoms with E-state index in [4.69, 9.17) is 4.42 Å². The molecule has 108 valence electrons. The predicted octanol–water partition coefficient (Wildman–Crippen LogP) is 3.46. The molecule has 2 N–H and O–H groups in total. The number of amides is 2. The van der Waals surface area contributed by atoms with E-state index < -0.39 is 0 Å². The topological polar surface area (TPSA) is 54.3 Å². The first-order valence-corrected chi connectivity index (χ1v) is 7.61. The SMILES string of the molecule is O=C(NCCC1=CCCC1)NC1CCCc2occc21. The van der Waals surface area contributed by atoms with Gasteiger partial charge in [0.1, 0.15) is 5.76 Å². The lowest BCUT2D eigenvalue weighted by Gasteiger charge is -2.22. The molecule has 1 aromatic rings. The van der Waals surface area contributed by atoms with Crippen molar-refractivity contribution in [2.75, 3.05) is 6.54 Å². The number of hydrogen-bond donors (Lipinski definition) is 2. The number of hydrogen-bond acceptors (Lipinski definition) is 2. The number of carbonyl (C=O) groups excluding carboxylic acids is 1. The number of aryl methyl sites for hydroxylation is 1. The summed E-state index contributed by atoms with van der Waals surface area (Å²) in [5.41, 5.74) is 2.63. The summed E-state index contributed by atoms with van der Waals surface area (Å²) in [4.78, 5) is 11.9. The molecular weight excluding hydrogens is 252 g/mol. The summed E-state index contributed by atoms with van der Waals surface area (Å²) in [5, 5.41) is 6.02. The molecule has 1 atom stereocenters. The van der Waals surface area contributed by atoms with Crippen LogP contribution in [0.2, 0.25) is 0 Å². The Labute approximate surface area is 119 Å². The van der Waals surface area contributed by atoms with Gasteiger partial charge in [-0.3, -0.25) is 0 Å². The standard InChI is InChI=1S/C16H22N2O2/c19-16(17-10-8-12-4-1-2-5-12)18-14-6-3-7-15-13(14)9-11-20-15/h4,9,11,14H,1-3,5-8,10H2,(H2,17,18,19). The molecule has 0 aromatic carbocycles. The summed E-state index contributed by atoms with van der Waals surface area (Å²) in [6.45, 7) is 0.725. The molecule has 4 nitrogen and oxygen atoms in total. The van der Waals surface area contributed by atoms with Gasteiger partial charge >= 0.3 is 6.03 Å². The molecule has 1 aromatic heterocycles. The van der Waals surface area contributed by atoms with Crippen molar-refractivity contribution in [2.45, 2.75) is 51.0 Å². The van der Waals surface area contributed by atoms with Crippen LogP contribution in [0, 0.1) is 0 Å². The summed E-state index contributed by atoms with van der Waals surface area (Å²) in [7, 11) is 0. The lowest BCUT2D eigenvalue weighted by Crippen LogP contribution is -2.39. The molecule has 2 amide bonds. The molecular formula is C16H22N2O2. The molecule has 0 aliphatic heterocycles. The molecule has 3 rings (SSSR count). The summed E-state index contributed by atoms with van der Waals surface area (Å²) in [6.07, 6.45) is 11.7. The number of rotatable bonds is 4. The second-order valence-electron chi connectivity index (χ2n) is 5.65. The van der Waals surface area contributed by atoms with E-state index in [-0.39, 0.29) is 12.1 Å². The van der Waals surface area contributed by atoms with Crippen molar-refractivity contribution in [2.24, 2.45) is 0 Å². The monoisotopic (exact) mass is 274 g/mol. The van der Waals surface area contributed by atoms with Gasteiger partial charge in [-0.05, 0) is 44.6 Å². The number of urea groups is 1. The van der Waals surface area contributed by atoms with Crippen LogP contribution in [0.5, 0.6) is 0 Å². The Morgan fingerprint density at radius 3 is 3.15 bits per heavy atom. The minimum Gasteiger partial charge on any atom is -0.469 e. The molecule has 0 saturated heterocycles. The van der Waals surface area contributed by atoms with E-state index in [1.807, 2.05) is 6.07 Å². The van der Waals surface area contributed by atoms with E-state index in [0.717, 1.165) is 43.6 Å². The van der Waals surface area contributed by atoms with Crippen molar-refractivity contribution in [1.29, 1.82) is 0 Å². The van der Waals surface area contributed by atoms with Crippen molar-refractivity contribution in [3.8, 4) is 0 Å². The molecule has 4 heteroatoms. The maximum atomic E-state index is 11.9. The number of fused-ring (bicyclic) bond motifs is 1. The van der Waals surface area contributed by atoms with Gasteiger partial charge in [-0.2, -0.15) is 0 Å². The largest absolute Gasteiger partial charge is 0.469 e. The molecule has 0 bridgehead atoms. The Kier molecular flexibility index (Phi) is 4.09. The highest BCUT2D eigenvalue weighted by molar-refractivity contribution is 5.74. The molecule has 0 spiro atoms. The summed E-state index contributed by atoms with van der Waals surface area (Å²) >= 11 is 0. The van der Waals surface area contributed by atoms with Crippen LogP contribution in [0.15, 0.2) is 28.4 Å². The van der Waals surface area contributed by atoms with Crippen LogP contribution < -0.4 is 10.6 Å². The van der Waals surface area contributed by atoms with Crippen molar-refractivity contribution < 1.29 is 9.21 Å². The van der Waals surface area contributed by atoms with Crippen LogP contribution in [0.1, 0.15) is 55.9 Å². The fourth-order valence-corrected chi connectivity index (χ4v) is 3.15. The van der Waals surface area contributed by atoms with Crippen LogP contribution in [-0.2, 0) is 6.42 Å². The summed E-state index contributed by atoms with van der Waals surface area (Å²) in [6, 6.07) is 2.01. The zero-order valence-corrected chi connectivity index (χ0v) is 11.8. The van der Waals surface area contributed by atoms with E-state index in [2.05, 4.69) is 16.7 Å². The second kappa shape index (κ2) is 6.16. The van der Waals surface area contributed by atoms with Gasteiger partial charge in [0.15, 0.2) is 0 Å². The fourth-order valence-electron chi connectivity index (χ4n) is 3.15. The molecule has 0 saturated carbocycles. The zero-order valence-electron chi connectivity index (χ0n) is 11.8. The van der Waals surface area contributed by atoms with Gasteiger partial charge in [0.25, 0.3) is 0 Å². The molecule has 20 heavy (non-hydrogen) atoms. The van der Waals surface area contributed by atoms with E-state index in [1.54, 1.807) is 6.26 Å². The Morgan fingerprint density at radius 2 is 2.30 bits per heavy atom. The summed E-state index contributed by atoms with van der Waals surface area (Å²) in [5.74, 6) is 1.03. The Bertz CT molecular complexity index is 504. The zero-order chi connectivity index (χ0) is 13.8. The van der Waals surface area contributed by atoms with E-state index in [1.165, 1.54) is 24.8 Å². The van der Waals surface area contributed by atoms with Gasteiger partial charge in [0.2, 0.25) is 0 Å². The van der Waals surface area contributed by atoms with E-state index >= 15 is 0 Å². The maximum Gasteiger partial charge on any atom is 0.315 e. The van der Waals surface area contributed by atoms with Crippen LogP contribution in [-0.4, -0.2) is 12.6 Å². The third-order valence-electron chi connectivity index (χ3n) is 4.22. The third-order valence-corrected chi connectivity index (χ3v) is 4.22. The van der Waals surface area contributed by atoms with Crippen molar-refractivity contribution >= 4 is 6.03 Å². The van der Waals surface area contributed by atoms with Gasteiger partial charge in [-0.1, -0.05) is 11.6 Å². The van der Waals surface area contributed by atoms with Crippen LogP contribution in [0.25, 0.3) is 0 Å². The number of furan rings is 1. The lowest BCUT2D eigenvalue weighted by atomic mass is 9.93. The van der Waals surface area contributed by atoms with E-state index in [9.17, 15) is 4.79 Å². The minimum absolute atomic E-state index is 0.0670. The first-order chi connectivity index (χ1) is 9.83. The van der Waals surface area contributed by atoms with Crippen molar-refractivity contribution in [3.05, 3.63) is 35.3 Å². The Hall–Kier alpha value is -1.71. The highest BCUT2D eigenvalue weighted by Crippen LogP contribution is 2.30. The average molecular weight is 274 g/mol. The fraction of sp³-hybridized carbons (Fsp3) is 0.562. The number of allylic oxidation sites excluding steroid dienone is 1. The molecule has 2 aliphatic carbocycles. The maximum absolute atomic E-state index is 11.9. The van der Waals surface area contributed by atoms with Crippen LogP contribution in [0.4, 0.5) is 4.79 Å². The Morgan fingerprint density at radius 1 is 1.35 bits per heavy atom. The highest BCUT2D eigenvalue weighted by Gasteiger charge is 2.23. The lowest BCUT2D eigenvalue weighted by molar-refractivity contribution is 0.235. The minimum atomic E-state index is -0.0670. The van der Waals surface area contributed by atoms with Gasteiger partial charge in [0.05, 0.1) is 12.3 Å². The quantitative estimate of drug-likeness (QED) is 0.826. The number of carbonyl (C=O) groups is 1. The molecule has 1 unspecified atom stereocenters. The van der Waals surface area contributed by atoms with Gasteiger partial charge in [-0.15, -0.1) is 0 Å². The van der Waals surface area contributed by atoms with E-state index in [0.29, 0.717) is 0 Å². The van der Waals surface area contributed by atoms with Crippen molar-refractivity contribution in [3.63, 3.8) is 0 Å². The third kappa shape index (κ3) is 3.06. The Balaban J connectivity index is 1.45. The highest BCUT2D eigenvalue weighted by atomic mass is 16.3. The average Bonchev–Trinajstić information content (AvgIpc) is 3.09. The predicted molar refractivity (Wildman–Crippen MR) is 77.5 cm³/mol. The van der Waals surface area contributed by atoms with Gasteiger partial charge in [-0.25, -0.2) is 4.79 Å².